The minimum Gasteiger partial charge on any atom is -0.456 e. The predicted octanol–water partition coefficient (Wildman–Crippen LogP) is 16.2. The van der Waals surface area contributed by atoms with Crippen LogP contribution in [0.3, 0.4) is 0 Å². The van der Waals surface area contributed by atoms with Gasteiger partial charge >= 0.3 is 0 Å². The quantitative estimate of drug-likeness (QED) is 0.154. The third-order valence-electron chi connectivity index (χ3n) is 11.1. The van der Waals surface area contributed by atoms with Crippen molar-refractivity contribution in [3.8, 4) is 22.3 Å². The van der Waals surface area contributed by atoms with E-state index >= 15 is 0 Å². The molecule has 0 saturated heterocycles. The highest BCUT2D eigenvalue weighted by molar-refractivity contribution is 7.26. The molecule has 0 N–H and O–H groups in total. The van der Waals surface area contributed by atoms with Crippen molar-refractivity contribution in [1.29, 1.82) is 0 Å². The van der Waals surface area contributed by atoms with Gasteiger partial charge in [0.1, 0.15) is 11.2 Å². The third kappa shape index (κ3) is 5.99. The number of thiophene rings is 1. The fourth-order valence-electron chi connectivity index (χ4n) is 8.29. The van der Waals surface area contributed by atoms with Gasteiger partial charge in [0.05, 0.1) is 5.69 Å². The summed E-state index contributed by atoms with van der Waals surface area (Å²) in [7, 11) is 0. The summed E-state index contributed by atoms with van der Waals surface area (Å²) in [5, 5.41) is 4.83. The van der Waals surface area contributed by atoms with Crippen molar-refractivity contribution in [3.63, 3.8) is 0 Å². The van der Waals surface area contributed by atoms with Crippen molar-refractivity contribution in [2.75, 3.05) is 9.80 Å². The number of furan rings is 1. The van der Waals surface area contributed by atoms with Crippen LogP contribution in [0.25, 0.3) is 64.4 Å². The fourth-order valence-corrected chi connectivity index (χ4v) is 9.46. The lowest BCUT2D eigenvalue weighted by molar-refractivity contribution is 0.669. The zero-order valence-corrected chi connectivity index (χ0v) is 32.3. The Morgan fingerprint density at radius 2 is 0.793 bits per heavy atom. The average Bonchev–Trinajstić information content (AvgIpc) is 3.86. The Balaban J connectivity index is 0.926. The van der Waals surface area contributed by atoms with E-state index in [1.165, 1.54) is 37.0 Å². The van der Waals surface area contributed by atoms with E-state index in [2.05, 4.69) is 216 Å². The van der Waals surface area contributed by atoms with Crippen LogP contribution in [0, 0.1) is 0 Å². The Morgan fingerprint density at radius 3 is 1.41 bits per heavy atom. The van der Waals surface area contributed by atoms with Crippen molar-refractivity contribution in [2.24, 2.45) is 0 Å². The van der Waals surface area contributed by atoms with Gasteiger partial charge in [-0.25, -0.2) is 0 Å². The molecule has 11 aromatic rings. The van der Waals surface area contributed by atoms with Gasteiger partial charge in [-0.05, 0) is 119 Å². The molecule has 2 heterocycles. The maximum Gasteiger partial charge on any atom is 0.136 e. The molecule has 3 nitrogen and oxygen atoms in total. The van der Waals surface area contributed by atoms with Crippen LogP contribution in [0.1, 0.15) is 0 Å². The largest absolute Gasteiger partial charge is 0.456 e. The molecular formula is C54H36N2OS. The maximum atomic E-state index is 6.20. The van der Waals surface area contributed by atoms with E-state index in [1.54, 1.807) is 0 Å². The zero-order valence-electron chi connectivity index (χ0n) is 31.5. The number of benzene rings is 9. The summed E-state index contributed by atoms with van der Waals surface area (Å²) in [4.78, 5) is 4.69. The minimum absolute atomic E-state index is 0.905. The molecule has 4 heteroatoms. The van der Waals surface area contributed by atoms with Gasteiger partial charge in [-0.2, -0.15) is 0 Å². The number of hydrogen-bond donors (Lipinski definition) is 0. The summed E-state index contributed by atoms with van der Waals surface area (Å²) in [5.41, 5.74) is 13.2. The number of nitrogens with zero attached hydrogens (tertiary/aromatic N) is 2. The first-order valence-electron chi connectivity index (χ1n) is 19.6. The topological polar surface area (TPSA) is 19.6 Å². The highest BCUT2D eigenvalue weighted by Gasteiger charge is 2.19. The van der Waals surface area contributed by atoms with Gasteiger partial charge in [-0.3, -0.25) is 0 Å². The number of rotatable bonds is 8. The summed E-state index contributed by atoms with van der Waals surface area (Å²) in [6.07, 6.45) is 0. The van der Waals surface area contributed by atoms with Crippen molar-refractivity contribution in [2.45, 2.75) is 0 Å². The van der Waals surface area contributed by atoms with Gasteiger partial charge in [-0.15, -0.1) is 11.3 Å². The first kappa shape index (κ1) is 33.9. The Labute approximate surface area is 340 Å². The second kappa shape index (κ2) is 14.3. The van der Waals surface area contributed by atoms with Crippen molar-refractivity contribution >= 4 is 87.6 Å². The van der Waals surface area contributed by atoms with Crippen LogP contribution in [0.4, 0.5) is 34.1 Å². The summed E-state index contributed by atoms with van der Waals surface area (Å²) in [5.74, 6) is 0. The molecule has 2 aromatic heterocycles. The molecule has 0 spiro atoms. The lowest BCUT2D eigenvalue weighted by Crippen LogP contribution is -2.09. The van der Waals surface area contributed by atoms with E-state index in [-0.39, 0.29) is 0 Å². The average molecular weight is 761 g/mol. The van der Waals surface area contributed by atoms with Crippen LogP contribution >= 0.6 is 11.3 Å². The van der Waals surface area contributed by atoms with Crippen molar-refractivity contribution in [1.82, 2.24) is 0 Å². The van der Waals surface area contributed by atoms with E-state index < -0.39 is 0 Å². The second-order valence-electron chi connectivity index (χ2n) is 14.5. The van der Waals surface area contributed by atoms with E-state index in [4.69, 9.17) is 4.42 Å². The molecule has 0 amide bonds. The molecule has 58 heavy (non-hydrogen) atoms. The SMILES string of the molecule is c1ccc(N(c2ccc(-c3ccc4c(c3)oc3ccccc34)cc2)c2ccc(-c3ccc4c(c3)sc3cccc(N(c5ccccc5)c5ccccc5)c34)cc2)cc1. The van der Waals surface area contributed by atoms with Crippen LogP contribution < -0.4 is 9.80 Å². The van der Waals surface area contributed by atoms with E-state index in [1.807, 2.05) is 23.5 Å². The lowest BCUT2D eigenvalue weighted by atomic mass is 10.0. The van der Waals surface area contributed by atoms with Crippen LogP contribution in [-0.4, -0.2) is 0 Å². The van der Waals surface area contributed by atoms with Crippen LogP contribution in [0.15, 0.2) is 223 Å². The molecule has 0 atom stereocenters. The molecule has 0 aliphatic rings. The van der Waals surface area contributed by atoms with Crippen LogP contribution in [0.5, 0.6) is 0 Å². The van der Waals surface area contributed by atoms with Gasteiger partial charge in [0.15, 0.2) is 0 Å². The predicted molar refractivity (Wildman–Crippen MR) is 247 cm³/mol. The number of para-hydroxylation sites is 4. The number of hydrogen-bond acceptors (Lipinski definition) is 4. The monoisotopic (exact) mass is 760 g/mol. The lowest BCUT2D eigenvalue weighted by Gasteiger charge is -2.26. The summed E-state index contributed by atoms with van der Waals surface area (Å²) in [6, 6.07) is 78.0. The Bertz CT molecular complexity index is 3170. The van der Waals surface area contributed by atoms with E-state index in [9.17, 15) is 0 Å². The van der Waals surface area contributed by atoms with Crippen molar-refractivity contribution in [3.05, 3.63) is 218 Å². The van der Waals surface area contributed by atoms with E-state index in [0.717, 1.165) is 61.5 Å². The normalized spacial score (nSPS) is 11.4. The first-order valence-corrected chi connectivity index (χ1v) is 20.4. The second-order valence-corrected chi connectivity index (χ2v) is 15.6. The molecule has 0 unspecified atom stereocenters. The Kier molecular flexibility index (Phi) is 8.34. The number of anilines is 6. The molecule has 9 aromatic carbocycles. The van der Waals surface area contributed by atoms with Gasteiger partial charge in [-0.1, -0.05) is 121 Å². The van der Waals surface area contributed by atoms with Crippen molar-refractivity contribution < 1.29 is 4.42 Å². The summed E-state index contributed by atoms with van der Waals surface area (Å²) < 4.78 is 8.75. The molecule has 0 saturated carbocycles. The minimum atomic E-state index is 0.905. The highest BCUT2D eigenvalue weighted by Crippen LogP contribution is 2.46. The van der Waals surface area contributed by atoms with Gasteiger partial charge in [0, 0.05) is 59.4 Å². The summed E-state index contributed by atoms with van der Waals surface area (Å²) in [6.45, 7) is 0. The van der Waals surface area contributed by atoms with Gasteiger partial charge in [0.25, 0.3) is 0 Å². The standard InChI is InChI=1S/C54H36N2OS/c1-4-13-41(14-5-1)55(44-29-23-37(24-30-44)39-27-33-47-46-19-10-11-21-50(46)57-51(47)35-39)45-31-25-38(26-32-45)40-28-34-48-53(36-40)58-52-22-12-20-49(54(48)52)56(42-15-6-2-7-16-42)43-17-8-3-9-18-43/h1-36H. The molecule has 0 aliphatic heterocycles. The maximum absolute atomic E-state index is 6.20. The molecule has 0 fully saturated rings. The number of fused-ring (bicyclic) bond motifs is 6. The molecular weight excluding hydrogens is 725 g/mol. The zero-order chi connectivity index (χ0) is 38.4. The van der Waals surface area contributed by atoms with Gasteiger partial charge in [0.2, 0.25) is 0 Å². The first-order chi connectivity index (χ1) is 28.7. The molecule has 11 rings (SSSR count). The molecule has 0 bridgehead atoms. The smallest absolute Gasteiger partial charge is 0.136 e. The molecule has 274 valence electrons. The third-order valence-corrected chi connectivity index (χ3v) is 12.2. The van der Waals surface area contributed by atoms with Crippen LogP contribution in [0.2, 0.25) is 0 Å². The molecule has 0 radical (unpaired) electrons. The Morgan fingerprint density at radius 1 is 0.310 bits per heavy atom. The highest BCUT2D eigenvalue weighted by atomic mass is 32.1. The van der Waals surface area contributed by atoms with Crippen LogP contribution in [-0.2, 0) is 0 Å². The molecule has 0 aliphatic carbocycles. The van der Waals surface area contributed by atoms with Gasteiger partial charge < -0.3 is 14.2 Å². The van der Waals surface area contributed by atoms with E-state index in [0.29, 0.717) is 0 Å². The Hall–Kier alpha value is -7.40. The summed E-state index contributed by atoms with van der Waals surface area (Å²) >= 11 is 1.86. The fraction of sp³-hybridized carbons (Fsp3) is 0.